The van der Waals surface area contributed by atoms with Crippen LogP contribution in [0.1, 0.15) is 24.8 Å². The van der Waals surface area contributed by atoms with Crippen LogP contribution in [0.25, 0.3) is 0 Å². The zero-order chi connectivity index (χ0) is 11.1. The Balaban J connectivity index is 2.13. The fourth-order valence-electron chi connectivity index (χ4n) is 1.56. The van der Waals surface area contributed by atoms with Crippen LogP contribution in [-0.2, 0) is 6.42 Å². The third-order valence-corrected chi connectivity index (χ3v) is 2.77. The van der Waals surface area contributed by atoms with Crippen molar-refractivity contribution in [1.29, 1.82) is 0 Å². The molecule has 0 saturated heterocycles. The highest BCUT2D eigenvalue weighted by atomic mass is 19.1. The first-order chi connectivity index (χ1) is 7.00. The predicted octanol–water partition coefficient (Wildman–Crippen LogP) is 2.56. The van der Waals surface area contributed by atoms with E-state index in [-0.39, 0.29) is 12.0 Å². The van der Waals surface area contributed by atoms with Crippen molar-refractivity contribution in [2.45, 2.75) is 31.3 Å². The smallest absolute Gasteiger partial charge is 0.132 e. The van der Waals surface area contributed by atoms with Crippen molar-refractivity contribution < 1.29 is 18.3 Å². The Labute approximate surface area is 85.5 Å². The molecule has 1 nitrogen and oxygen atoms in total. The molecule has 0 aromatic heterocycles. The van der Waals surface area contributed by atoms with Crippen molar-refractivity contribution >= 4 is 0 Å². The molecule has 0 unspecified atom stereocenters. The van der Waals surface area contributed by atoms with Gasteiger partial charge in [0.2, 0.25) is 0 Å². The van der Waals surface area contributed by atoms with Gasteiger partial charge >= 0.3 is 0 Å². The lowest BCUT2D eigenvalue weighted by molar-refractivity contribution is 0.140. The number of hydrogen-bond donors (Lipinski definition) is 1. The molecule has 1 N–H and O–H groups in total. The summed E-state index contributed by atoms with van der Waals surface area (Å²) >= 11 is 0. The third kappa shape index (κ3) is 2.31. The second-order valence-electron chi connectivity index (χ2n) is 4.07. The lowest BCUT2D eigenvalue weighted by atomic mass is 10.0. The SMILES string of the molecule is OC1(CCc2c(F)cc(F)cc2F)CC1. The summed E-state index contributed by atoms with van der Waals surface area (Å²) in [6, 6.07) is 1.32. The van der Waals surface area contributed by atoms with Gasteiger partial charge in [-0.3, -0.25) is 0 Å². The highest BCUT2D eigenvalue weighted by Gasteiger charge is 2.39. The number of benzene rings is 1. The van der Waals surface area contributed by atoms with Crippen molar-refractivity contribution in [1.82, 2.24) is 0 Å². The van der Waals surface area contributed by atoms with Gasteiger partial charge < -0.3 is 5.11 Å². The Morgan fingerprint density at radius 1 is 1.13 bits per heavy atom. The van der Waals surface area contributed by atoms with Crippen molar-refractivity contribution in [3.05, 3.63) is 35.1 Å². The molecule has 0 atom stereocenters. The van der Waals surface area contributed by atoms with Crippen molar-refractivity contribution in [3.8, 4) is 0 Å². The molecule has 0 amide bonds. The van der Waals surface area contributed by atoms with Crippen molar-refractivity contribution in [2.75, 3.05) is 0 Å². The van der Waals surface area contributed by atoms with E-state index < -0.39 is 23.1 Å². The first-order valence-corrected chi connectivity index (χ1v) is 4.86. The molecule has 15 heavy (non-hydrogen) atoms. The van der Waals surface area contributed by atoms with Crippen molar-refractivity contribution in [3.63, 3.8) is 0 Å². The van der Waals surface area contributed by atoms with E-state index in [1.54, 1.807) is 0 Å². The minimum absolute atomic E-state index is 0.106. The maximum absolute atomic E-state index is 13.1. The van der Waals surface area contributed by atoms with Crippen LogP contribution in [0.2, 0.25) is 0 Å². The monoisotopic (exact) mass is 216 g/mol. The van der Waals surface area contributed by atoms with E-state index in [0.29, 0.717) is 31.4 Å². The first kappa shape index (κ1) is 10.5. The van der Waals surface area contributed by atoms with E-state index in [1.807, 2.05) is 0 Å². The van der Waals surface area contributed by atoms with Gasteiger partial charge in [0.25, 0.3) is 0 Å². The second-order valence-corrected chi connectivity index (χ2v) is 4.07. The second kappa shape index (κ2) is 3.52. The Morgan fingerprint density at radius 2 is 1.67 bits per heavy atom. The summed E-state index contributed by atoms with van der Waals surface area (Å²) in [6.45, 7) is 0. The number of aliphatic hydroxyl groups is 1. The Hall–Kier alpha value is -1.03. The average molecular weight is 216 g/mol. The molecular weight excluding hydrogens is 205 g/mol. The van der Waals surface area contributed by atoms with Crippen LogP contribution in [0, 0.1) is 17.5 Å². The summed E-state index contributed by atoms with van der Waals surface area (Å²) in [5.41, 5.74) is -0.885. The largest absolute Gasteiger partial charge is 0.390 e. The maximum atomic E-state index is 13.1. The van der Waals surface area contributed by atoms with Crippen LogP contribution in [0.15, 0.2) is 12.1 Å². The molecule has 4 heteroatoms. The molecule has 0 aliphatic heterocycles. The Kier molecular flexibility index (Phi) is 2.46. The van der Waals surface area contributed by atoms with Crippen LogP contribution in [0.3, 0.4) is 0 Å². The van der Waals surface area contributed by atoms with E-state index in [4.69, 9.17) is 0 Å². The molecule has 0 heterocycles. The van der Waals surface area contributed by atoms with Gasteiger partial charge in [0.1, 0.15) is 17.5 Å². The first-order valence-electron chi connectivity index (χ1n) is 4.86. The summed E-state index contributed by atoms with van der Waals surface area (Å²) in [4.78, 5) is 0. The molecule has 1 aromatic carbocycles. The maximum Gasteiger partial charge on any atom is 0.132 e. The van der Waals surface area contributed by atoms with Crippen LogP contribution in [0.4, 0.5) is 13.2 Å². The number of rotatable bonds is 3. The highest BCUT2D eigenvalue weighted by Crippen LogP contribution is 2.39. The summed E-state index contributed by atoms with van der Waals surface area (Å²) in [5, 5.41) is 9.51. The predicted molar refractivity (Wildman–Crippen MR) is 48.8 cm³/mol. The molecule has 0 spiro atoms. The normalized spacial score (nSPS) is 17.9. The quantitative estimate of drug-likeness (QED) is 0.823. The molecule has 0 radical (unpaired) electrons. The Morgan fingerprint density at radius 3 is 2.13 bits per heavy atom. The molecule has 1 aromatic rings. The third-order valence-electron chi connectivity index (χ3n) is 2.77. The van der Waals surface area contributed by atoms with Gasteiger partial charge in [0.05, 0.1) is 5.60 Å². The van der Waals surface area contributed by atoms with Crippen LogP contribution in [0.5, 0.6) is 0 Å². The van der Waals surface area contributed by atoms with Crippen LogP contribution >= 0.6 is 0 Å². The molecule has 1 aliphatic rings. The lowest BCUT2D eigenvalue weighted by Crippen LogP contribution is -2.09. The topological polar surface area (TPSA) is 20.2 Å². The minimum Gasteiger partial charge on any atom is -0.390 e. The minimum atomic E-state index is -0.918. The fourth-order valence-corrected chi connectivity index (χ4v) is 1.56. The molecule has 82 valence electrons. The Bertz CT molecular complexity index is 362. The molecule has 0 bridgehead atoms. The summed E-state index contributed by atoms with van der Waals surface area (Å²) in [7, 11) is 0. The molecule has 1 aliphatic carbocycles. The summed E-state index contributed by atoms with van der Waals surface area (Å²) in [6.07, 6.45) is 1.79. The van der Waals surface area contributed by atoms with Gasteiger partial charge in [0.15, 0.2) is 0 Å². The van der Waals surface area contributed by atoms with E-state index in [9.17, 15) is 18.3 Å². The van der Waals surface area contributed by atoms with E-state index in [0.717, 1.165) is 0 Å². The van der Waals surface area contributed by atoms with Gasteiger partial charge in [-0.05, 0) is 25.7 Å². The van der Waals surface area contributed by atoms with Gasteiger partial charge in [0, 0.05) is 17.7 Å². The zero-order valence-electron chi connectivity index (χ0n) is 8.06. The van der Waals surface area contributed by atoms with E-state index in [2.05, 4.69) is 0 Å². The fraction of sp³-hybridized carbons (Fsp3) is 0.455. The highest BCUT2D eigenvalue weighted by molar-refractivity contribution is 5.21. The van der Waals surface area contributed by atoms with Gasteiger partial charge in [-0.2, -0.15) is 0 Å². The summed E-state index contributed by atoms with van der Waals surface area (Å²) < 4.78 is 38.9. The van der Waals surface area contributed by atoms with Crippen LogP contribution in [-0.4, -0.2) is 10.7 Å². The van der Waals surface area contributed by atoms with Gasteiger partial charge in [-0.25, -0.2) is 13.2 Å². The van der Waals surface area contributed by atoms with Gasteiger partial charge in [-0.15, -0.1) is 0 Å². The van der Waals surface area contributed by atoms with Crippen molar-refractivity contribution in [2.24, 2.45) is 0 Å². The average Bonchev–Trinajstić information content (AvgIpc) is 2.82. The molecule has 1 fully saturated rings. The number of halogens is 3. The standard InChI is InChI=1S/C11H11F3O/c12-7-5-9(13)8(10(14)6-7)1-2-11(15)3-4-11/h5-6,15H,1-4H2. The van der Waals surface area contributed by atoms with E-state index in [1.165, 1.54) is 0 Å². The molecule has 2 rings (SSSR count). The number of hydrogen-bond acceptors (Lipinski definition) is 1. The van der Waals surface area contributed by atoms with Gasteiger partial charge in [-0.1, -0.05) is 0 Å². The summed E-state index contributed by atoms with van der Waals surface area (Å²) in [5.74, 6) is -2.67. The zero-order valence-corrected chi connectivity index (χ0v) is 8.06. The van der Waals surface area contributed by atoms with Crippen LogP contribution < -0.4 is 0 Å². The molecular formula is C11H11F3O. The lowest BCUT2D eigenvalue weighted by Gasteiger charge is -2.08. The molecule has 1 saturated carbocycles. The van der Waals surface area contributed by atoms with E-state index >= 15 is 0 Å².